The Balaban J connectivity index is 2.28. The molecule has 0 amide bonds. The standard InChI is InChI=1S/C14H14BBr/c15-9-11-1-5-13(6-2-11)14-7-3-12(10-16)4-8-14/h1-8H,9-10,15H2. The lowest BCUT2D eigenvalue weighted by Gasteiger charge is -2.04. The average Bonchev–Trinajstić information content (AvgIpc) is 2.39. The fourth-order valence-corrected chi connectivity index (χ4v) is 2.09. The van der Waals surface area contributed by atoms with E-state index in [2.05, 4.69) is 72.3 Å². The second-order valence-electron chi connectivity index (χ2n) is 3.88. The maximum absolute atomic E-state index is 3.46. The van der Waals surface area contributed by atoms with E-state index in [1.807, 2.05) is 0 Å². The summed E-state index contributed by atoms with van der Waals surface area (Å²) in [6.07, 6.45) is 1.10. The number of hydrogen-bond acceptors (Lipinski definition) is 0. The largest absolute Gasteiger partial charge is 0.107 e. The van der Waals surface area contributed by atoms with Gasteiger partial charge in [0.2, 0.25) is 0 Å². The van der Waals surface area contributed by atoms with Crippen LogP contribution in [-0.2, 0) is 11.7 Å². The average molecular weight is 273 g/mol. The van der Waals surface area contributed by atoms with Crippen molar-refractivity contribution in [3.8, 4) is 11.1 Å². The molecule has 0 fully saturated rings. The molecular weight excluding hydrogens is 259 g/mol. The van der Waals surface area contributed by atoms with Gasteiger partial charge in [0.15, 0.2) is 0 Å². The quantitative estimate of drug-likeness (QED) is 0.594. The molecule has 0 heterocycles. The number of alkyl halides is 1. The zero-order valence-electron chi connectivity index (χ0n) is 9.41. The molecule has 0 aliphatic rings. The predicted molar refractivity (Wildman–Crippen MR) is 76.8 cm³/mol. The SMILES string of the molecule is BCc1ccc(-c2ccc(CBr)cc2)cc1. The van der Waals surface area contributed by atoms with Gasteiger partial charge >= 0.3 is 0 Å². The van der Waals surface area contributed by atoms with E-state index in [9.17, 15) is 0 Å². The van der Waals surface area contributed by atoms with Crippen LogP contribution < -0.4 is 0 Å². The van der Waals surface area contributed by atoms with Crippen LogP contribution in [0.2, 0.25) is 0 Å². The minimum Gasteiger partial charge on any atom is -0.0876 e. The first-order valence-electron chi connectivity index (χ1n) is 5.57. The van der Waals surface area contributed by atoms with Crippen molar-refractivity contribution in [3.05, 3.63) is 59.7 Å². The van der Waals surface area contributed by atoms with Gasteiger partial charge in [0.1, 0.15) is 7.85 Å². The molecular formula is C14H14BBr. The smallest absolute Gasteiger partial charge is 0.0876 e. The lowest BCUT2D eigenvalue weighted by atomic mass is 9.95. The Morgan fingerprint density at radius 2 is 1.19 bits per heavy atom. The Bertz CT molecular complexity index is 400. The molecule has 2 aromatic carbocycles. The van der Waals surface area contributed by atoms with E-state index in [1.54, 1.807) is 0 Å². The van der Waals surface area contributed by atoms with E-state index in [0.29, 0.717) is 0 Å². The summed E-state index contributed by atoms with van der Waals surface area (Å²) in [5, 5.41) is 0.919. The van der Waals surface area contributed by atoms with Crippen molar-refractivity contribution < 1.29 is 0 Å². The molecule has 2 aromatic rings. The zero-order chi connectivity index (χ0) is 11.4. The van der Waals surface area contributed by atoms with Crippen molar-refractivity contribution in [2.75, 3.05) is 0 Å². The lowest BCUT2D eigenvalue weighted by molar-refractivity contribution is 1.39. The molecule has 80 valence electrons. The van der Waals surface area contributed by atoms with E-state index in [-0.39, 0.29) is 0 Å². The molecule has 0 aromatic heterocycles. The Labute approximate surface area is 106 Å². The highest BCUT2D eigenvalue weighted by atomic mass is 79.9. The Hall–Kier alpha value is -1.02. The molecule has 0 saturated carbocycles. The van der Waals surface area contributed by atoms with Crippen LogP contribution in [-0.4, -0.2) is 7.85 Å². The minimum absolute atomic E-state index is 0.919. The molecule has 0 aliphatic carbocycles. The van der Waals surface area contributed by atoms with Crippen LogP contribution in [0.1, 0.15) is 11.1 Å². The fourth-order valence-electron chi connectivity index (χ4n) is 1.72. The minimum atomic E-state index is 0.919. The van der Waals surface area contributed by atoms with Crippen molar-refractivity contribution in [1.29, 1.82) is 0 Å². The summed E-state index contributed by atoms with van der Waals surface area (Å²) in [6.45, 7) is 0. The highest BCUT2D eigenvalue weighted by molar-refractivity contribution is 9.08. The molecule has 0 saturated heterocycles. The zero-order valence-corrected chi connectivity index (χ0v) is 11.0. The molecule has 0 radical (unpaired) electrons. The van der Waals surface area contributed by atoms with E-state index in [0.717, 1.165) is 11.7 Å². The van der Waals surface area contributed by atoms with Gasteiger partial charge in [-0.05, 0) is 16.7 Å². The van der Waals surface area contributed by atoms with Gasteiger partial charge in [-0.25, -0.2) is 0 Å². The molecule has 0 spiro atoms. The van der Waals surface area contributed by atoms with Crippen LogP contribution in [0.3, 0.4) is 0 Å². The molecule has 0 aliphatic heterocycles. The second-order valence-corrected chi connectivity index (χ2v) is 4.44. The molecule has 16 heavy (non-hydrogen) atoms. The van der Waals surface area contributed by atoms with Crippen molar-refractivity contribution >= 4 is 23.8 Å². The summed E-state index contributed by atoms with van der Waals surface area (Å²) in [6, 6.07) is 17.5. The summed E-state index contributed by atoms with van der Waals surface area (Å²) in [5.41, 5.74) is 5.28. The van der Waals surface area contributed by atoms with Crippen molar-refractivity contribution in [2.45, 2.75) is 11.7 Å². The third kappa shape index (κ3) is 2.56. The second kappa shape index (κ2) is 5.35. The third-order valence-corrected chi connectivity index (χ3v) is 3.45. The van der Waals surface area contributed by atoms with Crippen LogP contribution in [0.4, 0.5) is 0 Å². The van der Waals surface area contributed by atoms with Crippen LogP contribution in [0.5, 0.6) is 0 Å². The highest BCUT2D eigenvalue weighted by Crippen LogP contribution is 2.21. The van der Waals surface area contributed by atoms with Gasteiger partial charge in [-0.1, -0.05) is 76.3 Å². The van der Waals surface area contributed by atoms with Crippen LogP contribution in [0.15, 0.2) is 48.5 Å². The first-order chi connectivity index (χ1) is 7.83. The lowest BCUT2D eigenvalue weighted by Crippen LogP contribution is -1.84. The Kier molecular flexibility index (Phi) is 3.84. The van der Waals surface area contributed by atoms with Gasteiger partial charge < -0.3 is 0 Å². The van der Waals surface area contributed by atoms with Gasteiger partial charge in [-0.15, -0.1) is 0 Å². The van der Waals surface area contributed by atoms with Crippen molar-refractivity contribution in [2.24, 2.45) is 0 Å². The Morgan fingerprint density at radius 1 is 0.750 bits per heavy atom. The third-order valence-electron chi connectivity index (χ3n) is 2.80. The normalized spacial score (nSPS) is 10.3. The maximum atomic E-state index is 3.46. The molecule has 0 unspecified atom stereocenters. The number of hydrogen-bond donors (Lipinski definition) is 0. The molecule has 2 rings (SSSR count). The summed E-state index contributed by atoms with van der Waals surface area (Å²) < 4.78 is 0. The van der Waals surface area contributed by atoms with Crippen molar-refractivity contribution in [3.63, 3.8) is 0 Å². The number of rotatable bonds is 3. The monoisotopic (exact) mass is 272 g/mol. The van der Waals surface area contributed by atoms with Gasteiger partial charge in [0, 0.05) is 5.33 Å². The highest BCUT2D eigenvalue weighted by Gasteiger charge is 1.97. The molecule has 0 N–H and O–H groups in total. The first kappa shape index (κ1) is 11.5. The van der Waals surface area contributed by atoms with Crippen LogP contribution in [0.25, 0.3) is 11.1 Å². The van der Waals surface area contributed by atoms with Crippen molar-refractivity contribution in [1.82, 2.24) is 0 Å². The van der Waals surface area contributed by atoms with Gasteiger partial charge in [0.05, 0.1) is 0 Å². The topological polar surface area (TPSA) is 0 Å². The van der Waals surface area contributed by atoms with E-state index in [1.165, 1.54) is 22.3 Å². The van der Waals surface area contributed by atoms with Crippen LogP contribution in [0, 0.1) is 0 Å². The van der Waals surface area contributed by atoms with E-state index < -0.39 is 0 Å². The summed E-state index contributed by atoms with van der Waals surface area (Å²) in [5.74, 6) is 0. The van der Waals surface area contributed by atoms with Gasteiger partial charge in [0.25, 0.3) is 0 Å². The van der Waals surface area contributed by atoms with Gasteiger partial charge in [-0.2, -0.15) is 0 Å². The molecule has 0 bridgehead atoms. The van der Waals surface area contributed by atoms with Gasteiger partial charge in [-0.3, -0.25) is 0 Å². The molecule has 0 atom stereocenters. The first-order valence-corrected chi connectivity index (χ1v) is 6.70. The number of benzene rings is 2. The predicted octanol–water partition coefficient (Wildman–Crippen LogP) is 3.38. The summed E-state index contributed by atoms with van der Waals surface area (Å²) >= 11 is 3.46. The summed E-state index contributed by atoms with van der Waals surface area (Å²) in [4.78, 5) is 0. The number of halogens is 1. The summed E-state index contributed by atoms with van der Waals surface area (Å²) in [7, 11) is 2.18. The molecule has 0 nitrogen and oxygen atoms in total. The Morgan fingerprint density at radius 3 is 1.56 bits per heavy atom. The molecule has 2 heteroatoms. The maximum Gasteiger partial charge on any atom is 0.107 e. The van der Waals surface area contributed by atoms with E-state index >= 15 is 0 Å². The fraction of sp³-hybridized carbons (Fsp3) is 0.143. The van der Waals surface area contributed by atoms with E-state index in [4.69, 9.17) is 0 Å². The van der Waals surface area contributed by atoms with Crippen LogP contribution >= 0.6 is 15.9 Å².